The molecule has 0 saturated heterocycles. The fourth-order valence-electron chi connectivity index (χ4n) is 2.64. The third kappa shape index (κ3) is 2.92. The molecule has 2 aromatic carbocycles. The van der Waals surface area contributed by atoms with E-state index in [4.69, 9.17) is 14.3 Å². The summed E-state index contributed by atoms with van der Waals surface area (Å²) in [5.74, 6) is -1.16. The molecule has 0 unspecified atom stereocenters. The van der Waals surface area contributed by atoms with E-state index < -0.39 is 21.2 Å². The molecule has 0 spiro atoms. The summed E-state index contributed by atoms with van der Waals surface area (Å²) >= 11 is 0. The highest BCUT2D eigenvalue weighted by Crippen LogP contribution is 2.31. The molecule has 0 bridgehead atoms. The van der Waals surface area contributed by atoms with Gasteiger partial charge in [-0.25, -0.2) is 13.2 Å². The van der Waals surface area contributed by atoms with E-state index >= 15 is 0 Å². The first-order valence-corrected chi connectivity index (χ1v) is 9.57. The Morgan fingerprint density at radius 3 is 2.50 bits per heavy atom. The van der Waals surface area contributed by atoms with Gasteiger partial charge in [0, 0.05) is 6.07 Å². The van der Waals surface area contributed by atoms with Crippen molar-refractivity contribution < 1.29 is 27.5 Å². The maximum atomic E-state index is 12.9. The summed E-state index contributed by atoms with van der Waals surface area (Å²) in [6.07, 6.45) is 0. The van der Waals surface area contributed by atoms with Gasteiger partial charge < -0.3 is 14.3 Å². The minimum absolute atomic E-state index is 0.0259. The smallest absolute Gasteiger partial charge is 0.335 e. The lowest BCUT2D eigenvalue weighted by Gasteiger charge is -2.11. The predicted octanol–water partition coefficient (Wildman–Crippen LogP) is 2.84. The Morgan fingerprint density at radius 1 is 1.15 bits per heavy atom. The summed E-state index contributed by atoms with van der Waals surface area (Å²) in [7, 11) is -3.58. The van der Waals surface area contributed by atoms with Crippen molar-refractivity contribution in [2.24, 2.45) is 0 Å². The molecule has 0 amide bonds. The van der Waals surface area contributed by atoms with Crippen LogP contribution in [0.15, 0.2) is 44.4 Å². The first-order valence-electron chi connectivity index (χ1n) is 7.92. The maximum Gasteiger partial charge on any atom is 0.335 e. The molecule has 1 heterocycles. The quantitative estimate of drug-likeness (QED) is 0.682. The van der Waals surface area contributed by atoms with E-state index in [2.05, 4.69) is 0 Å². The molecule has 0 aliphatic heterocycles. The molecule has 136 valence electrons. The van der Waals surface area contributed by atoms with Gasteiger partial charge in [0.1, 0.15) is 5.58 Å². The summed E-state index contributed by atoms with van der Waals surface area (Å²) in [4.78, 5) is 24.0. The zero-order valence-electron chi connectivity index (χ0n) is 14.1. The molecule has 0 aliphatic carbocycles. The second-order valence-electron chi connectivity index (χ2n) is 5.58. The zero-order chi connectivity index (χ0) is 19.1. The van der Waals surface area contributed by atoms with Crippen molar-refractivity contribution in [3.05, 3.63) is 46.1 Å². The summed E-state index contributed by atoms with van der Waals surface area (Å²) in [5, 5.41) is 9.20. The van der Waals surface area contributed by atoms with Crippen LogP contribution < -0.4 is 10.2 Å². The predicted molar refractivity (Wildman–Crippen MR) is 95.8 cm³/mol. The third-order valence-electron chi connectivity index (χ3n) is 4.00. The van der Waals surface area contributed by atoms with Crippen molar-refractivity contribution >= 4 is 37.7 Å². The molecule has 0 atom stereocenters. The number of benzene rings is 2. The second-order valence-corrected chi connectivity index (χ2v) is 7.86. The van der Waals surface area contributed by atoms with E-state index in [-0.39, 0.29) is 50.5 Å². The van der Waals surface area contributed by atoms with Gasteiger partial charge >= 0.3 is 5.97 Å². The molecule has 3 rings (SSSR count). The molecule has 1 aromatic heterocycles. The topological polar surface area (TPSA) is 111 Å². The van der Waals surface area contributed by atoms with E-state index in [0.29, 0.717) is 0 Å². The van der Waals surface area contributed by atoms with E-state index in [0.717, 1.165) is 0 Å². The molecule has 3 aromatic rings. The monoisotopic (exact) mass is 376 g/mol. The van der Waals surface area contributed by atoms with Crippen molar-refractivity contribution in [1.82, 2.24) is 0 Å². The zero-order valence-corrected chi connectivity index (χ0v) is 14.9. The minimum atomic E-state index is -3.58. The highest BCUT2D eigenvalue weighted by Gasteiger charge is 2.20. The number of fused-ring (bicyclic) bond motifs is 2. The van der Waals surface area contributed by atoms with Crippen LogP contribution in [0.2, 0.25) is 0 Å². The number of rotatable bonds is 5. The number of carboxylic acid groups (broad SMARTS) is 1. The number of hydrogen-bond donors (Lipinski definition) is 1. The van der Waals surface area contributed by atoms with Gasteiger partial charge in [-0.3, -0.25) is 4.79 Å². The molecular formula is C18H16O7S. The number of aromatic carboxylic acids is 1. The molecule has 0 saturated carbocycles. The molecular weight excluding hydrogens is 360 g/mol. The summed E-state index contributed by atoms with van der Waals surface area (Å²) < 4.78 is 35.7. The van der Waals surface area contributed by atoms with E-state index in [1.54, 1.807) is 6.92 Å². The lowest BCUT2D eigenvalue weighted by molar-refractivity contribution is 0.0697. The van der Waals surface area contributed by atoms with E-state index in [1.807, 2.05) is 0 Å². The van der Waals surface area contributed by atoms with Crippen LogP contribution in [0, 0.1) is 0 Å². The molecule has 0 radical (unpaired) electrons. The van der Waals surface area contributed by atoms with E-state index in [9.17, 15) is 18.0 Å². The Labute approximate surface area is 148 Å². The van der Waals surface area contributed by atoms with E-state index in [1.165, 1.54) is 37.3 Å². The van der Waals surface area contributed by atoms with Crippen LogP contribution in [-0.2, 0) is 9.84 Å². The van der Waals surface area contributed by atoms with Crippen LogP contribution >= 0.6 is 0 Å². The summed E-state index contributed by atoms with van der Waals surface area (Å²) in [6.45, 7) is 3.48. The largest absolute Gasteiger partial charge is 0.490 e. The van der Waals surface area contributed by atoms with Gasteiger partial charge in [0.25, 0.3) is 0 Å². The van der Waals surface area contributed by atoms with Gasteiger partial charge in [-0.2, -0.15) is 0 Å². The highest BCUT2D eigenvalue weighted by molar-refractivity contribution is 7.91. The number of hydrogen-bond acceptors (Lipinski definition) is 6. The molecule has 26 heavy (non-hydrogen) atoms. The second kappa shape index (κ2) is 6.45. The number of ether oxygens (including phenoxy) is 1. The molecule has 0 fully saturated rings. The van der Waals surface area contributed by atoms with Crippen molar-refractivity contribution in [1.29, 1.82) is 0 Å². The van der Waals surface area contributed by atoms with Gasteiger partial charge in [0.05, 0.1) is 33.6 Å². The fourth-order valence-corrected chi connectivity index (χ4v) is 3.56. The number of carboxylic acids is 1. The normalized spacial score (nSPS) is 11.8. The van der Waals surface area contributed by atoms with Gasteiger partial charge in [0.15, 0.2) is 21.2 Å². The first kappa shape index (κ1) is 17.9. The lowest BCUT2D eigenvalue weighted by Crippen LogP contribution is -2.09. The first-order chi connectivity index (χ1) is 12.3. The van der Waals surface area contributed by atoms with Crippen molar-refractivity contribution in [3.63, 3.8) is 0 Å². The van der Waals surface area contributed by atoms with Gasteiger partial charge in [-0.15, -0.1) is 0 Å². The summed E-state index contributed by atoms with van der Waals surface area (Å²) in [6, 6.07) is 6.52. The van der Waals surface area contributed by atoms with Crippen LogP contribution in [0.1, 0.15) is 24.2 Å². The minimum Gasteiger partial charge on any atom is -0.490 e. The Hall–Kier alpha value is -2.87. The molecule has 1 N–H and O–H groups in total. The van der Waals surface area contributed by atoms with Gasteiger partial charge in [0.2, 0.25) is 5.43 Å². The van der Waals surface area contributed by atoms with Gasteiger partial charge in [-0.05, 0) is 31.2 Å². The third-order valence-corrected chi connectivity index (χ3v) is 5.71. The van der Waals surface area contributed by atoms with Crippen molar-refractivity contribution in [3.8, 4) is 5.75 Å². The van der Waals surface area contributed by atoms with Crippen molar-refractivity contribution in [2.75, 3.05) is 12.4 Å². The average molecular weight is 376 g/mol. The van der Waals surface area contributed by atoms with Crippen LogP contribution in [0.3, 0.4) is 0 Å². The SMILES string of the molecule is CCOc1cc(S(=O)(=O)CC)cc2c(=O)c3cc(C(=O)O)ccc3oc12. The molecule has 7 nitrogen and oxygen atoms in total. The Morgan fingerprint density at radius 2 is 1.88 bits per heavy atom. The maximum absolute atomic E-state index is 12.9. The van der Waals surface area contributed by atoms with Crippen LogP contribution in [0.25, 0.3) is 21.9 Å². The fraction of sp³-hybridized carbons (Fsp3) is 0.222. The Balaban J connectivity index is 2.46. The van der Waals surface area contributed by atoms with Crippen LogP contribution in [0.4, 0.5) is 0 Å². The Bertz CT molecular complexity index is 1190. The van der Waals surface area contributed by atoms with Gasteiger partial charge in [-0.1, -0.05) is 6.92 Å². The lowest BCUT2D eigenvalue weighted by atomic mass is 10.1. The molecule has 8 heteroatoms. The number of sulfone groups is 1. The summed E-state index contributed by atoms with van der Waals surface area (Å²) in [5.41, 5.74) is -0.257. The average Bonchev–Trinajstić information content (AvgIpc) is 2.62. The van der Waals surface area contributed by atoms with Crippen LogP contribution in [-0.4, -0.2) is 31.9 Å². The number of carbonyl (C=O) groups is 1. The Kier molecular flexibility index (Phi) is 4.45. The standard InChI is InChI=1S/C18H16O7S/c1-3-24-15-9-11(26(22,23)4-2)8-13-16(19)12-7-10(18(20)21)5-6-14(12)25-17(13)15/h5-9H,3-4H2,1-2H3,(H,20,21). The molecule has 0 aliphatic rings. The van der Waals surface area contributed by atoms with Crippen molar-refractivity contribution in [2.45, 2.75) is 18.7 Å². The highest BCUT2D eigenvalue weighted by atomic mass is 32.2. The van der Waals surface area contributed by atoms with Crippen LogP contribution in [0.5, 0.6) is 5.75 Å².